The molecule has 2 aromatic rings. The van der Waals surface area contributed by atoms with E-state index in [9.17, 15) is 15.2 Å². The highest BCUT2D eigenvalue weighted by molar-refractivity contribution is 6.31. The van der Waals surface area contributed by atoms with Crippen LogP contribution in [0.4, 0.5) is 5.69 Å². The number of nitrogens with zero attached hydrogens (tertiary/aromatic N) is 1. The van der Waals surface area contributed by atoms with Gasteiger partial charge >= 0.3 is 0 Å². The van der Waals surface area contributed by atoms with Crippen LogP contribution in [0.15, 0.2) is 42.5 Å². The Kier molecular flexibility index (Phi) is 4.37. The average Bonchev–Trinajstić information content (AvgIpc) is 2.42. The predicted octanol–water partition coefficient (Wildman–Crippen LogP) is 3.83. The standard InChI is InChI=1S/C15H14ClNO3/c1-10-2-5-12(9-14(10)16)15(18)8-11-3-6-13(7-4-11)17(19)20/h2-7,9,15,18H,8H2,1H3. The van der Waals surface area contributed by atoms with Gasteiger partial charge in [0.1, 0.15) is 0 Å². The third kappa shape index (κ3) is 3.35. The zero-order valence-corrected chi connectivity index (χ0v) is 11.7. The Hall–Kier alpha value is -1.91. The zero-order chi connectivity index (χ0) is 14.7. The van der Waals surface area contributed by atoms with Crippen molar-refractivity contribution in [3.05, 3.63) is 74.3 Å². The first-order valence-corrected chi connectivity index (χ1v) is 6.52. The lowest BCUT2D eigenvalue weighted by Gasteiger charge is -2.12. The highest BCUT2D eigenvalue weighted by atomic mass is 35.5. The SMILES string of the molecule is Cc1ccc(C(O)Cc2ccc([N+](=O)[O-])cc2)cc1Cl. The molecule has 1 N–H and O–H groups in total. The molecule has 2 rings (SSSR count). The third-order valence-corrected chi connectivity index (χ3v) is 3.56. The Labute approximate surface area is 121 Å². The summed E-state index contributed by atoms with van der Waals surface area (Å²) in [6, 6.07) is 11.6. The quantitative estimate of drug-likeness (QED) is 0.688. The van der Waals surface area contributed by atoms with Gasteiger partial charge in [0.2, 0.25) is 0 Å². The van der Waals surface area contributed by atoms with E-state index >= 15 is 0 Å². The van der Waals surface area contributed by atoms with Crippen LogP contribution in [-0.2, 0) is 6.42 Å². The van der Waals surface area contributed by atoms with Crippen LogP contribution in [0.25, 0.3) is 0 Å². The van der Waals surface area contributed by atoms with Crippen molar-refractivity contribution in [2.45, 2.75) is 19.4 Å². The number of halogens is 1. The molecule has 0 bridgehead atoms. The topological polar surface area (TPSA) is 63.4 Å². The normalized spacial score (nSPS) is 12.2. The fourth-order valence-electron chi connectivity index (χ4n) is 1.91. The minimum absolute atomic E-state index is 0.0432. The lowest BCUT2D eigenvalue weighted by molar-refractivity contribution is -0.384. The molecule has 2 aromatic carbocycles. The van der Waals surface area contributed by atoms with E-state index in [-0.39, 0.29) is 5.69 Å². The average molecular weight is 292 g/mol. The Bertz CT molecular complexity index is 626. The van der Waals surface area contributed by atoms with Gasteiger partial charge in [0.05, 0.1) is 11.0 Å². The van der Waals surface area contributed by atoms with E-state index in [4.69, 9.17) is 11.6 Å². The van der Waals surface area contributed by atoms with E-state index in [2.05, 4.69) is 0 Å². The van der Waals surface area contributed by atoms with Crippen LogP contribution >= 0.6 is 11.6 Å². The van der Waals surface area contributed by atoms with Crippen LogP contribution in [0, 0.1) is 17.0 Å². The minimum Gasteiger partial charge on any atom is -0.388 e. The van der Waals surface area contributed by atoms with E-state index < -0.39 is 11.0 Å². The van der Waals surface area contributed by atoms with Crippen LogP contribution in [0.3, 0.4) is 0 Å². The van der Waals surface area contributed by atoms with Crippen LogP contribution in [0.5, 0.6) is 0 Å². The molecule has 0 aliphatic carbocycles. The van der Waals surface area contributed by atoms with Gasteiger partial charge in [-0.3, -0.25) is 10.1 Å². The molecule has 5 heteroatoms. The number of aliphatic hydroxyl groups is 1. The van der Waals surface area contributed by atoms with Gasteiger partial charge < -0.3 is 5.11 Å². The van der Waals surface area contributed by atoms with Gasteiger partial charge in [-0.1, -0.05) is 35.9 Å². The van der Waals surface area contributed by atoms with Crippen LogP contribution in [0.2, 0.25) is 5.02 Å². The molecule has 0 heterocycles. The van der Waals surface area contributed by atoms with Gasteiger partial charge in [0.25, 0.3) is 5.69 Å². The van der Waals surface area contributed by atoms with Crippen LogP contribution < -0.4 is 0 Å². The van der Waals surface area contributed by atoms with Crippen molar-refractivity contribution in [2.75, 3.05) is 0 Å². The molecule has 0 aliphatic heterocycles. The number of hydrogen-bond donors (Lipinski definition) is 1. The van der Waals surface area contributed by atoms with Gasteiger partial charge in [-0.15, -0.1) is 0 Å². The maximum absolute atomic E-state index is 10.6. The van der Waals surface area contributed by atoms with Crippen molar-refractivity contribution >= 4 is 17.3 Å². The molecule has 0 aromatic heterocycles. The summed E-state index contributed by atoms with van der Waals surface area (Å²) in [5.41, 5.74) is 2.57. The second kappa shape index (κ2) is 6.03. The number of benzene rings is 2. The molecule has 1 atom stereocenters. The molecular weight excluding hydrogens is 278 g/mol. The van der Waals surface area contributed by atoms with E-state index in [0.29, 0.717) is 11.4 Å². The second-order valence-corrected chi connectivity index (χ2v) is 5.06. The van der Waals surface area contributed by atoms with Gasteiger partial charge in [0, 0.05) is 23.6 Å². The first-order chi connectivity index (χ1) is 9.47. The Morgan fingerprint density at radius 2 is 1.90 bits per heavy atom. The zero-order valence-electron chi connectivity index (χ0n) is 10.9. The molecule has 0 spiro atoms. The maximum Gasteiger partial charge on any atom is 0.269 e. The van der Waals surface area contributed by atoms with E-state index in [1.54, 1.807) is 18.2 Å². The van der Waals surface area contributed by atoms with Gasteiger partial charge in [0.15, 0.2) is 0 Å². The highest BCUT2D eigenvalue weighted by Gasteiger charge is 2.11. The molecular formula is C15H14ClNO3. The number of nitro groups is 1. The summed E-state index contributed by atoms with van der Waals surface area (Å²) >= 11 is 6.03. The number of nitro benzene ring substituents is 1. The van der Waals surface area contributed by atoms with Crippen molar-refractivity contribution in [3.63, 3.8) is 0 Å². The summed E-state index contributed by atoms with van der Waals surface area (Å²) in [4.78, 5) is 10.1. The Morgan fingerprint density at radius 3 is 2.45 bits per heavy atom. The van der Waals surface area contributed by atoms with E-state index in [1.807, 2.05) is 19.1 Å². The molecule has 0 saturated heterocycles. The van der Waals surface area contributed by atoms with E-state index in [0.717, 1.165) is 16.7 Å². The van der Waals surface area contributed by atoms with Crippen LogP contribution in [-0.4, -0.2) is 10.0 Å². The van der Waals surface area contributed by atoms with Crippen molar-refractivity contribution < 1.29 is 10.0 Å². The fraction of sp³-hybridized carbons (Fsp3) is 0.200. The van der Waals surface area contributed by atoms with Crippen molar-refractivity contribution in [1.82, 2.24) is 0 Å². The van der Waals surface area contributed by atoms with Crippen molar-refractivity contribution in [1.29, 1.82) is 0 Å². The van der Waals surface area contributed by atoms with Crippen molar-refractivity contribution in [3.8, 4) is 0 Å². The molecule has 0 saturated carbocycles. The van der Waals surface area contributed by atoms with Crippen molar-refractivity contribution in [2.24, 2.45) is 0 Å². The summed E-state index contributed by atoms with van der Waals surface area (Å²) in [6.45, 7) is 1.90. The molecule has 1 unspecified atom stereocenters. The number of hydrogen-bond acceptors (Lipinski definition) is 3. The minimum atomic E-state index is -0.686. The van der Waals surface area contributed by atoms with Gasteiger partial charge in [-0.2, -0.15) is 0 Å². The smallest absolute Gasteiger partial charge is 0.269 e. The number of aryl methyl sites for hydroxylation is 1. The lowest BCUT2D eigenvalue weighted by atomic mass is 10.0. The Balaban J connectivity index is 2.12. The number of non-ortho nitro benzene ring substituents is 1. The summed E-state index contributed by atoms with van der Waals surface area (Å²) in [6.07, 6.45) is -0.299. The first kappa shape index (κ1) is 14.5. The fourth-order valence-corrected chi connectivity index (χ4v) is 2.10. The highest BCUT2D eigenvalue weighted by Crippen LogP contribution is 2.24. The summed E-state index contributed by atoms with van der Waals surface area (Å²) < 4.78 is 0. The molecule has 20 heavy (non-hydrogen) atoms. The number of aliphatic hydroxyl groups excluding tert-OH is 1. The third-order valence-electron chi connectivity index (χ3n) is 3.16. The van der Waals surface area contributed by atoms with Gasteiger partial charge in [-0.05, 0) is 29.7 Å². The molecule has 0 radical (unpaired) electrons. The summed E-state index contributed by atoms with van der Waals surface area (Å²) in [5, 5.41) is 21.4. The molecule has 104 valence electrons. The van der Waals surface area contributed by atoms with Gasteiger partial charge in [-0.25, -0.2) is 0 Å². The number of rotatable bonds is 4. The maximum atomic E-state index is 10.6. The summed E-state index contributed by atoms with van der Waals surface area (Å²) in [7, 11) is 0. The lowest BCUT2D eigenvalue weighted by Crippen LogP contribution is -2.02. The predicted molar refractivity (Wildman–Crippen MR) is 77.9 cm³/mol. The van der Waals surface area contributed by atoms with E-state index in [1.165, 1.54) is 12.1 Å². The summed E-state index contributed by atoms with van der Waals surface area (Å²) in [5.74, 6) is 0. The van der Waals surface area contributed by atoms with Crippen LogP contribution in [0.1, 0.15) is 22.8 Å². The second-order valence-electron chi connectivity index (χ2n) is 4.65. The molecule has 0 aliphatic rings. The Morgan fingerprint density at radius 1 is 1.25 bits per heavy atom. The molecule has 0 amide bonds. The molecule has 0 fully saturated rings. The largest absolute Gasteiger partial charge is 0.388 e. The molecule has 4 nitrogen and oxygen atoms in total. The first-order valence-electron chi connectivity index (χ1n) is 6.15. The monoisotopic (exact) mass is 291 g/mol.